The van der Waals surface area contributed by atoms with Crippen molar-refractivity contribution in [2.75, 3.05) is 34.3 Å². The minimum atomic E-state index is 0.540. The maximum Gasteiger partial charge on any atom is 0.122 e. The van der Waals surface area contributed by atoms with E-state index in [1.807, 2.05) is 19.2 Å². The lowest BCUT2D eigenvalue weighted by molar-refractivity contribution is 0.248. The predicted octanol–water partition coefficient (Wildman–Crippen LogP) is 3.34. The number of methoxy groups -OCH3 is 1. The van der Waals surface area contributed by atoms with Gasteiger partial charge in [0.05, 0.1) is 7.11 Å². The van der Waals surface area contributed by atoms with Crippen LogP contribution in [-0.4, -0.2) is 45.2 Å². The molecule has 0 bridgehead atoms. The first-order valence-corrected chi connectivity index (χ1v) is 8.15. The van der Waals surface area contributed by atoms with E-state index in [0.717, 1.165) is 18.7 Å². The molecule has 1 N–H and O–H groups in total. The lowest BCUT2D eigenvalue weighted by Gasteiger charge is -2.25. The first kappa shape index (κ1) is 18.0. The molecule has 0 aliphatic carbocycles. The van der Waals surface area contributed by atoms with E-state index < -0.39 is 0 Å². The van der Waals surface area contributed by atoms with Crippen LogP contribution in [0.3, 0.4) is 0 Å². The van der Waals surface area contributed by atoms with Gasteiger partial charge in [-0.25, -0.2) is 0 Å². The minimum Gasteiger partial charge on any atom is -0.496 e. The number of nitrogens with zero attached hydrogens (tertiary/aromatic N) is 1. The molecule has 120 valence electrons. The summed E-state index contributed by atoms with van der Waals surface area (Å²) in [7, 11) is 6.00. The Morgan fingerprint density at radius 3 is 2.57 bits per heavy atom. The van der Waals surface area contributed by atoms with Crippen LogP contribution in [0, 0.1) is 0 Å². The molecule has 0 aliphatic rings. The maximum absolute atomic E-state index is 5.44. The van der Waals surface area contributed by atoms with Crippen LogP contribution in [0.4, 0.5) is 0 Å². The third kappa shape index (κ3) is 6.96. The van der Waals surface area contributed by atoms with Crippen LogP contribution < -0.4 is 10.1 Å². The highest BCUT2D eigenvalue weighted by molar-refractivity contribution is 5.33. The molecular formula is C18H32N2O. The molecular weight excluding hydrogens is 260 g/mol. The third-order valence-corrected chi connectivity index (χ3v) is 4.15. The van der Waals surface area contributed by atoms with E-state index in [9.17, 15) is 0 Å². The number of ether oxygens (including phenoxy) is 1. The molecule has 0 radical (unpaired) electrons. The van der Waals surface area contributed by atoms with Crippen molar-refractivity contribution >= 4 is 0 Å². The van der Waals surface area contributed by atoms with Gasteiger partial charge in [0.15, 0.2) is 0 Å². The number of nitrogens with one attached hydrogen (secondary N) is 1. The van der Waals surface area contributed by atoms with Crippen molar-refractivity contribution in [3.63, 3.8) is 0 Å². The number of para-hydroxylation sites is 1. The molecule has 0 amide bonds. The summed E-state index contributed by atoms with van der Waals surface area (Å²) in [6.07, 6.45) is 6.27. The van der Waals surface area contributed by atoms with E-state index in [2.05, 4.69) is 36.3 Å². The zero-order chi connectivity index (χ0) is 15.5. The van der Waals surface area contributed by atoms with Gasteiger partial charge in [0.2, 0.25) is 0 Å². The molecule has 21 heavy (non-hydrogen) atoms. The second kappa shape index (κ2) is 10.6. The number of hydrogen-bond acceptors (Lipinski definition) is 3. The summed E-state index contributed by atoms with van der Waals surface area (Å²) in [6, 6.07) is 8.87. The van der Waals surface area contributed by atoms with E-state index in [-0.39, 0.29) is 0 Å². The van der Waals surface area contributed by atoms with Gasteiger partial charge in [0.1, 0.15) is 5.75 Å². The second-order valence-electron chi connectivity index (χ2n) is 5.86. The van der Waals surface area contributed by atoms with Crippen molar-refractivity contribution in [3.8, 4) is 5.75 Å². The molecule has 0 fully saturated rings. The van der Waals surface area contributed by atoms with Crippen molar-refractivity contribution in [2.45, 2.75) is 45.1 Å². The fourth-order valence-corrected chi connectivity index (χ4v) is 2.58. The highest BCUT2D eigenvalue weighted by Gasteiger charge is 2.12. The van der Waals surface area contributed by atoms with Gasteiger partial charge < -0.3 is 15.0 Å². The average Bonchev–Trinajstić information content (AvgIpc) is 2.51. The standard InChI is InChI=1S/C18H32N2O/c1-16(15-17-11-7-8-12-18(17)21-4)20(3)14-10-6-5-9-13-19-2/h7-8,11-12,16,19H,5-6,9-10,13-15H2,1-4H3. The highest BCUT2D eigenvalue weighted by Crippen LogP contribution is 2.20. The molecule has 3 nitrogen and oxygen atoms in total. The van der Waals surface area contributed by atoms with Gasteiger partial charge in [-0.3, -0.25) is 0 Å². The molecule has 0 spiro atoms. The quantitative estimate of drug-likeness (QED) is 0.633. The van der Waals surface area contributed by atoms with Crippen molar-refractivity contribution in [3.05, 3.63) is 29.8 Å². The van der Waals surface area contributed by atoms with E-state index in [1.54, 1.807) is 7.11 Å². The largest absolute Gasteiger partial charge is 0.496 e. The van der Waals surface area contributed by atoms with Gasteiger partial charge in [-0.15, -0.1) is 0 Å². The Kier molecular flexibility index (Phi) is 9.11. The number of likely N-dealkylation sites (N-methyl/N-ethyl adjacent to an activating group) is 1. The highest BCUT2D eigenvalue weighted by atomic mass is 16.5. The molecule has 0 saturated carbocycles. The van der Waals surface area contributed by atoms with Crippen LogP contribution >= 0.6 is 0 Å². The minimum absolute atomic E-state index is 0.540. The fraction of sp³-hybridized carbons (Fsp3) is 0.667. The molecule has 0 aliphatic heterocycles. The number of unbranched alkanes of at least 4 members (excludes halogenated alkanes) is 3. The fourth-order valence-electron chi connectivity index (χ4n) is 2.58. The first-order valence-electron chi connectivity index (χ1n) is 8.15. The van der Waals surface area contributed by atoms with Crippen LogP contribution in [-0.2, 0) is 6.42 Å². The smallest absolute Gasteiger partial charge is 0.122 e. The van der Waals surface area contributed by atoms with E-state index >= 15 is 0 Å². The molecule has 1 aromatic carbocycles. The Balaban J connectivity index is 2.29. The Morgan fingerprint density at radius 1 is 1.14 bits per heavy atom. The van der Waals surface area contributed by atoms with E-state index in [4.69, 9.17) is 4.74 Å². The summed E-state index contributed by atoms with van der Waals surface area (Å²) >= 11 is 0. The Bertz CT molecular complexity index is 381. The Hall–Kier alpha value is -1.06. The molecule has 0 saturated heterocycles. The van der Waals surface area contributed by atoms with Crippen LogP contribution in [0.5, 0.6) is 5.75 Å². The van der Waals surface area contributed by atoms with Crippen LogP contribution in [0.25, 0.3) is 0 Å². The monoisotopic (exact) mass is 292 g/mol. The zero-order valence-electron chi connectivity index (χ0n) is 14.2. The summed E-state index contributed by atoms with van der Waals surface area (Å²) in [5, 5.41) is 3.20. The number of hydrogen-bond donors (Lipinski definition) is 1. The first-order chi connectivity index (χ1) is 10.2. The molecule has 1 atom stereocenters. The van der Waals surface area contributed by atoms with Gasteiger partial charge in [0, 0.05) is 6.04 Å². The van der Waals surface area contributed by atoms with Crippen molar-refractivity contribution in [1.29, 1.82) is 0 Å². The van der Waals surface area contributed by atoms with Crippen molar-refractivity contribution in [2.24, 2.45) is 0 Å². The Labute approximate surface area is 130 Å². The topological polar surface area (TPSA) is 24.5 Å². The van der Waals surface area contributed by atoms with E-state index in [1.165, 1.54) is 37.8 Å². The SMILES string of the molecule is CNCCCCCCN(C)C(C)Cc1ccccc1OC. The van der Waals surface area contributed by atoms with Crippen LogP contribution in [0.2, 0.25) is 0 Å². The average molecular weight is 292 g/mol. The molecule has 1 rings (SSSR count). The molecule has 3 heteroatoms. The third-order valence-electron chi connectivity index (χ3n) is 4.15. The van der Waals surface area contributed by atoms with Gasteiger partial charge in [0.25, 0.3) is 0 Å². The van der Waals surface area contributed by atoms with Crippen LogP contribution in [0.15, 0.2) is 24.3 Å². The summed E-state index contributed by atoms with van der Waals surface area (Å²) in [6.45, 7) is 4.61. The summed E-state index contributed by atoms with van der Waals surface area (Å²) in [5.74, 6) is 1.00. The zero-order valence-corrected chi connectivity index (χ0v) is 14.2. The van der Waals surface area contributed by atoms with Gasteiger partial charge in [-0.05, 0) is 65.0 Å². The molecule has 1 unspecified atom stereocenters. The maximum atomic E-state index is 5.44. The predicted molar refractivity (Wildman–Crippen MR) is 91.2 cm³/mol. The summed E-state index contributed by atoms with van der Waals surface area (Å²) in [4.78, 5) is 2.46. The normalized spacial score (nSPS) is 12.6. The van der Waals surface area contributed by atoms with E-state index in [0.29, 0.717) is 6.04 Å². The molecule has 0 aromatic heterocycles. The van der Waals surface area contributed by atoms with Crippen molar-refractivity contribution in [1.82, 2.24) is 10.2 Å². The second-order valence-corrected chi connectivity index (χ2v) is 5.86. The Morgan fingerprint density at radius 2 is 1.86 bits per heavy atom. The van der Waals surface area contributed by atoms with Gasteiger partial charge in [-0.2, -0.15) is 0 Å². The number of rotatable bonds is 11. The summed E-state index contributed by atoms with van der Waals surface area (Å²) in [5.41, 5.74) is 1.30. The van der Waals surface area contributed by atoms with Crippen molar-refractivity contribution < 1.29 is 4.74 Å². The molecule has 0 heterocycles. The van der Waals surface area contributed by atoms with Crippen LogP contribution in [0.1, 0.15) is 38.2 Å². The van der Waals surface area contributed by atoms with Gasteiger partial charge >= 0.3 is 0 Å². The lowest BCUT2D eigenvalue weighted by atomic mass is 10.0. The lowest BCUT2D eigenvalue weighted by Crippen LogP contribution is -2.31. The number of benzene rings is 1. The summed E-state index contributed by atoms with van der Waals surface area (Å²) < 4.78 is 5.44. The molecule has 1 aromatic rings. The van der Waals surface area contributed by atoms with Gasteiger partial charge in [-0.1, -0.05) is 31.0 Å².